The van der Waals surface area contributed by atoms with Crippen LogP contribution in [0, 0.1) is 6.92 Å². The molecule has 5 nitrogen and oxygen atoms in total. The molecule has 0 spiro atoms. The van der Waals surface area contributed by atoms with Crippen LogP contribution in [0.2, 0.25) is 5.02 Å². The van der Waals surface area contributed by atoms with E-state index >= 15 is 0 Å². The van der Waals surface area contributed by atoms with Gasteiger partial charge >= 0.3 is 0 Å². The summed E-state index contributed by atoms with van der Waals surface area (Å²) in [6.45, 7) is 1.87. The molecule has 0 fully saturated rings. The third-order valence-corrected chi connectivity index (χ3v) is 4.94. The van der Waals surface area contributed by atoms with Crippen LogP contribution in [0.5, 0.6) is 0 Å². The minimum Gasteiger partial charge on any atom is -0.455 e. The highest BCUT2D eigenvalue weighted by Crippen LogP contribution is 2.28. The third-order valence-electron chi connectivity index (χ3n) is 4.61. The summed E-state index contributed by atoms with van der Waals surface area (Å²) < 4.78 is 9.21. The molecule has 4 rings (SSSR count). The number of rotatable bonds is 4. The van der Waals surface area contributed by atoms with E-state index in [4.69, 9.17) is 16.0 Å². The maximum Gasteiger partial charge on any atom is 0.297 e. The molecule has 0 aliphatic heterocycles. The molecule has 0 radical (unpaired) electrons. The summed E-state index contributed by atoms with van der Waals surface area (Å²) in [7, 11) is 1.84. The van der Waals surface area contributed by atoms with Gasteiger partial charge < -0.3 is 4.42 Å². The summed E-state index contributed by atoms with van der Waals surface area (Å²) in [5.74, 6) is 1.20. The van der Waals surface area contributed by atoms with Gasteiger partial charge in [0.25, 0.3) is 5.56 Å². The molecule has 6 heteroatoms. The van der Waals surface area contributed by atoms with Crippen molar-refractivity contribution in [2.45, 2.75) is 6.92 Å². The average molecular weight is 392 g/mol. The summed E-state index contributed by atoms with van der Waals surface area (Å²) in [5, 5.41) is 0.616. The topological polar surface area (TPSA) is 52.4 Å². The van der Waals surface area contributed by atoms with E-state index in [0.717, 1.165) is 16.9 Å². The van der Waals surface area contributed by atoms with E-state index in [1.807, 2.05) is 74.6 Å². The van der Waals surface area contributed by atoms with Crippen molar-refractivity contribution in [1.82, 2.24) is 9.36 Å². The monoisotopic (exact) mass is 391 g/mol. The Hall–Kier alpha value is -3.31. The Morgan fingerprint density at radius 1 is 1.00 bits per heavy atom. The molecule has 0 saturated heterocycles. The van der Waals surface area contributed by atoms with Crippen molar-refractivity contribution in [3.05, 3.63) is 93.6 Å². The van der Waals surface area contributed by atoms with Crippen molar-refractivity contribution in [2.24, 2.45) is 12.0 Å². The minimum atomic E-state index is -0.180. The normalized spacial score (nSPS) is 11.4. The van der Waals surface area contributed by atoms with Crippen molar-refractivity contribution in [1.29, 1.82) is 0 Å². The molecule has 0 saturated carbocycles. The van der Waals surface area contributed by atoms with E-state index < -0.39 is 0 Å². The fourth-order valence-electron chi connectivity index (χ4n) is 3.06. The van der Waals surface area contributed by atoms with Crippen LogP contribution in [0.25, 0.3) is 17.0 Å². The number of halogens is 1. The van der Waals surface area contributed by atoms with Crippen molar-refractivity contribution < 1.29 is 4.42 Å². The van der Waals surface area contributed by atoms with Crippen molar-refractivity contribution in [2.75, 3.05) is 0 Å². The third kappa shape index (κ3) is 3.21. The van der Waals surface area contributed by atoms with E-state index in [1.54, 1.807) is 21.6 Å². The van der Waals surface area contributed by atoms with E-state index in [2.05, 4.69) is 4.99 Å². The first-order valence-corrected chi connectivity index (χ1v) is 9.17. The molecule has 28 heavy (non-hydrogen) atoms. The van der Waals surface area contributed by atoms with Gasteiger partial charge in [0.2, 0.25) is 0 Å². The number of para-hydroxylation sites is 1. The van der Waals surface area contributed by atoms with Crippen molar-refractivity contribution in [3.8, 4) is 17.0 Å². The molecule has 4 aromatic rings. The van der Waals surface area contributed by atoms with Gasteiger partial charge in [-0.2, -0.15) is 0 Å². The summed E-state index contributed by atoms with van der Waals surface area (Å²) in [5.41, 5.74) is 2.56. The summed E-state index contributed by atoms with van der Waals surface area (Å²) in [6.07, 6.45) is 1.55. The number of benzene rings is 2. The predicted molar refractivity (Wildman–Crippen MR) is 112 cm³/mol. The lowest BCUT2D eigenvalue weighted by Gasteiger charge is -2.07. The van der Waals surface area contributed by atoms with Crippen LogP contribution in [0.1, 0.15) is 11.5 Å². The van der Waals surface area contributed by atoms with E-state index in [9.17, 15) is 4.79 Å². The standard InChI is InChI=1S/C22H18ClN3O2/c1-15-21(22(27)26(25(15)2)16-8-4-3-5-9-16)24-14-17-12-13-20(28-17)18-10-6-7-11-19(18)23/h3-14H,1-2H3. The Bertz CT molecular complexity index is 1220. The number of hydrogen-bond donors (Lipinski definition) is 0. The zero-order valence-corrected chi connectivity index (χ0v) is 16.2. The van der Waals surface area contributed by atoms with E-state index in [0.29, 0.717) is 22.2 Å². The molecular formula is C22H18ClN3O2. The van der Waals surface area contributed by atoms with Crippen LogP contribution in [-0.2, 0) is 7.05 Å². The quantitative estimate of drug-likeness (QED) is 0.452. The van der Waals surface area contributed by atoms with Crippen LogP contribution in [0.15, 0.2) is 80.9 Å². The van der Waals surface area contributed by atoms with Gasteiger partial charge in [-0.25, -0.2) is 9.67 Å². The zero-order chi connectivity index (χ0) is 19.7. The number of aliphatic imine (C=N–C) groups is 1. The molecule has 0 atom stereocenters. The van der Waals surface area contributed by atoms with Gasteiger partial charge in [-0.3, -0.25) is 9.48 Å². The van der Waals surface area contributed by atoms with Crippen LogP contribution in [-0.4, -0.2) is 15.6 Å². The minimum absolute atomic E-state index is 0.180. The molecular weight excluding hydrogens is 374 g/mol. The Morgan fingerprint density at radius 2 is 1.71 bits per heavy atom. The summed E-state index contributed by atoms with van der Waals surface area (Å²) >= 11 is 6.22. The lowest BCUT2D eigenvalue weighted by atomic mass is 10.2. The fraction of sp³-hybridized carbons (Fsp3) is 0.0909. The highest BCUT2D eigenvalue weighted by atomic mass is 35.5. The van der Waals surface area contributed by atoms with Crippen LogP contribution in [0.4, 0.5) is 5.69 Å². The number of nitrogens with zero attached hydrogens (tertiary/aromatic N) is 3. The van der Waals surface area contributed by atoms with E-state index in [1.165, 1.54) is 0 Å². The Morgan fingerprint density at radius 3 is 2.46 bits per heavy atom. The van der Waals surface area contributed by atoms with Crippen LogP contribution in [0.3, 0.4) is 0 Å². The van der Waals surface area contributed by atoms with Gasteiger partial charge in [0.1, 0.15) is 11.5 Å². The first-order valence-electron chi connectivity index (χ1n) is 8.79. The van der Waals surface area contributed by atoms with Gasteiger partial charge in [-0.05, 0) is 43.3 Å². The largest absolute Gasteiger partial charge is 0.455 e. The molecule has 0 aliphatic carbocycles. The molecule has 0 unspecified atom stereocenters. The SMILES string of the molecule is Cc1c(N=Cc2ccc(-c3ccccc3Cl)o2)c(=O)n(-c2ccccc2)n1C. The highest BCUT2D eigenvalue weighted by molar-refractivity contribution is 6.33. The Labute approximate surface area is 167 Å². The lowest BCUT2D eigenvalue weighted by molar-refractivity contribution is 0.575. The number of hydrogen-bond acceptors (Lipinski definition) is 3. The Balaban J connectivity index is 1.68. The predicted octanol–water partition coefficient (Wildman–Crippen LogP) is 5.15. The van der Waals surface area contributed by atoms with Gasteiger partial charge in [0, 0.05) is 12.6 Å². The fourth-order valence-corrected chi connectivity index (χ4v) is 3.29. The van der Waals surface area contributed by atoms with E-state index in [-0.39, 0.29) is 5.56 Å². The average Bonchev–Trinajstić information content (AvgIpc) is 3.25. The van der Waals surface area contributed by atoms with Gasteiger partial charge in [-0.1, -0.05) is 41.9 Å². The maximum atomic E-state index is 12.9. The molecule has 2 aromatic heterocycles. The molecule has 0 aliphatic rings. The molecule has 2 aromatic carbocycles. The van der Waals surface area contributed by atoms with Gasteiger partial charge in [-0.15, -0.1) is 0 Å². The molecule has 2 heterocycles. The van der Waals surface area contributed by atoms with Gasteiger partial charge in [0.05, 0.1) is 22.6 Å². The lowest BCUT2D eigenvalue weighted by Crippen LogP contribution is -2.19. The second-order valence-electron chi connectivity index (χ2n) is 6.35. The Kier molecular flexibility index (Phi) is 4.75. The van der Waals surface area contributed by atoms with Crippen LogP contribution >= 0.6 is 11.6 Å². The number of aromatic nitrogens is 2. The first kappa shape index (κ1) is 18.1. The summed E-state index contributed by atoms with van der Waals surface area (Å²) in [6, 6.07) is 20.6. The second-order valence-corrected chi connectivity index (χ2v) is 6.76. The molecule has 0 bridgehead atoms. The van der Waals surface area contributed by atoms with Gasteiger partial charge in [0.15, 0.2) is 5.69 Å². The van der Waals surface area contributed by atoms with Crippen molar-refractivity contribution >= 4 is 23.5 Å². The summed E-state index contributed by atoms with van der Waals surface area (Å²) in [4.78, 5) is 17.3. The molecule has 0 amide bonds. The maximum absolute atomic E-state index is 12.9. The first-order chi connectivity index (χ1) is 13.6. The smallest absolute Gasteiger partial charge is 0.297 e. The molecule has 0 N–H and O–H groups in total. The zero-order valence-electron chi connectivity index (χ0n) is 15.5. The number of furan rings is 1. The highest BCUT2D eigenvalue weighted by Gasteiger charge is 2.15. The second kappa shape index (κ2) is 7.37. The molecule has 140 valence electrons. The van der Waals surface area contributed by atoms with Crippen molar-refractivity contribution in [3.63, 3.8) is 0 Å². The van der Waals surface area contributed by atoms with Crippen LogP contribution < -0.4 is 5.56 Å².